The minimum Gasteiger partial charge on any atom is -0.507 e. The van der Waals surface area contributed by atoms with Gasteiger partial charge in [-0.2, -0.15) is 10.2 Å². The van der Waals surface area contributed by atoms with Crippen molar-refractivity contribution >= 4 is 63.3 Å². The van der Waals surface area contributed by atoms with Gasteiger partial charge in [0.1, 0.15) is 10.1 Å². The number of benzene rings is 2. The summed E-state index contributed by atoms with van der Waals surface area (Å²) in [6.45, 7) is 0. The average molecular weight is 390 g/mol. The minimum absolute atomic E-state index is 0.0445. The van der Waals surface area contributed by atoms with Crippen molar-refractivity contribution in [2.24, 2.45) is 10.2 Å². The molecule has 1 aliphatic rings. The Morgan fingerprint density at radius 2 is 1.92 bits per heavy atom. The van der Waals surface area contributed by atoms with Crippen molar-refractivity contribution in [3.63, 3.8) is 0 Å². The first-order valence-electron chi connectivity index (χ1n) is 7.16. The first-order chi connectivity index (χ1) is 11.9. The van der Waals surface area contributed by atoms with E-state index in [-0.39, 0.29) is 11.7 Å². The zero-order valence-electron chi connectivity index (χ0n) is 13.0. The third-order valence-electron chi connectivity index (χ3n) is 3.37. The van der Waals surface area contributed by atoms with Gasteiger partial charge in [0.2, 0.25) is 0 Å². The number of phenolic OH excluding ortho intramolecular Hbond substituents is 1. The number of amides is 1. The van der Waals surface area contributed by atoms with E-state index in [9.17, 15) is 9.90 Å². The first kappa shape index (κ1) is 17.6. The molecule has 126 valence electrons. The maximum atomic E-state index is 12.1. The first-order valence-corrected chi connectivity index (χ1v) is 8.76. The van der Waals surface area contributed by atoms with Crippen molar-refractivity contribution in [3.8, 4) is 5.75 Å². The zero-order valence-corrected chi connectivity index (χ0v) is 15.4. The number of carbonyl (C=O) groups is 1. The van der Waals surface area contributed by atoms with E-state index in [1.54, 1.807) is 49.5 Å². The number of azo groups is 1. The van der Waals surface area contributed by atoms with Crippen LogP contribution >= 0.6 is 35.6 Å². The van der Waals surface area contributed by atoms with Crippen LogP contribution in [0.1, 0.15) is 5.56 Å². The molecule has 2 aromatic rings. The van der Waals surface area contributed by atoms with E-state index in [0.29, 0.717) is 31.2 Å². The Kier molecular flexibility index (Phi) is 5.17. The summed E-state index contributed by atoms with van der Waals surface area (Å²) in [5.74, 6) is -0.150. The maximum absolute atomic E-state index is 12.1. The third kappa shape index (κ3) is 4.07. The topological polar surface area (TPSA) is 65.3 Å². The maximum Gasteiger partial charge on any atom is 0.265 e. The van der Waals surface area contributed by atoms with E-state index in [4.69, 9.17) is 23.8 Å². The fraction of sp³-hybridized carbons (Fsp3) is 0.0588. The molecule has 0 aliphatic carbocycles. The molecule has 0 bridgehead atoms. The van der Waals surface area contributed by atoms with Gasteiger partial charge in [0.15, 0.2) is 0 Å². The Hall–Kier alpha value is -2.22. The van der Waals surface area contributed by atoms with Crippen LogP contribution in [0, 0.1) is 0 Å². The van der Waals surface area contributed by atoms with Crippen LogP contribution in [-0.2, 0) is 4.79 Å². The molecule has 0 radical (unpaired) electrons. The highest BCUT2D eigenvalue weighted by Crippen LogP contribution is 2.34. The summed E-state index contributed by atoms with van der Waals surface area (Å²) < 4.78 is 0.479. The molecule has 1 aliphatic heterocycles. The van der Waals surface area contributed by atoms with Crippen molar-refractivity contribution in [3.05, 3.63) is 58.0 Å². The number of rotatable bonds is 3. The second-order valence-electron chi connectivity index (χ2n) is 5.16. The lowest BCUT2D eigenvalue weighted by molar-refractivity contribution is -0.121. The van der Waals surface area contributed by atoms with Crippen LogP contribution in [0.5, 0.6) is 5.75 Å². The summed E-state index contributed by atoms with van der Waals surface area (Å²) in [4.78, 5) is 13.9. The van der Waals surface area contributed by atoms with E-state index < -0.39 is 0 Å². The molecule has 5 nitrogen and oxygen atoms in total. The molecule has 1 saturated heterocycles. The number of phenols is 1. The Morgan fingerprint density at radius 3 is 2.56 bits per heavy atom. The molecule has 25 heavy (non-hydrogen) atoms. The second kappa shape index (κ2) is 7.35. The Labute approximate surface area is 159 Å². The van der Waals surface area contributed by atoms with E-state index in [0.717, 1.165) is 0 Å². The molecule has 3 rings (SSSR count). The van der Waals surface area contributed by atoms with Gasteiger partial charge in [-0.15, -0.1) is 0 Å². The van der Waals surface area contributed by atoms with Gasteiger partial charge in [-0.25, -0.2) is 0 Å². The van der Waals surface area contributed by atoms with Gasteiger partial charge in [0.25, 0.3) is 5.91 Å². The molecule has 1 N–H and O–H groups in total. The van der Waals surface area contributed by atoms with Crippen molar-refractivity contribution in [2.45, 2.75) is 0 Å². The molecule has 1 fully saturated rings. The number of likely N-dealkylation sites (N-methyl/N-ethyl adjacent to an activating group) is 1. The fourth-order valence-corrected chi connectivity index (χ4v) is 3.42. The largest absolute Gasteiger partial charge is 0.507 e. The van der Waals surface area contributed by atoms with Crippen LogP contribution in [-0.4, -0.2) is 27.3 Å². The highest BCUT2D eigenvalue weighted by molar-refractivity contribution is 8.26. The number of thioether (sulfide) groups is 1. The predicted octanol–water partition coefficient (Wildman–Crippen LogP) is 5.29. The lowest BCUT2D eigenvalue weighted by atomic mass is 10.1. The lowest BCUT2D eigenvalue weighted by Gasteiger charge is -2.04. The highest BCUT2D eigenvalue weighted by atomic mass is 35.5. The van der Waals surface area contributed by atoms with E-state index in [1.165, 1.54) is 22.7 Å². The zero-order chi connectivity index (χ0) is 18.0. The quantitative estimate of drug-likeness (QED) is 0.440. The van der Waals surface area contributed by atoms with Gasteiger partial charge >= 0.3 is 0 Å². The van der Waals surface area contributed by atoms with Crippen LogP contribution in [0.4, 0.5) is 11.4 Å². The van der Waals surface area contributed by atoms with Crippen LogP contribution in [0.15, 0.2) is 57.6 Å². The molecule has 0 saturated carbocycles. The molecule has 0 aromatic heterocycles. The SMILES string of the molecule is CN1C(=O)/C(=C/c2cc(N=Nc3cccc(Cl)c3)ccc2O)SC1=S. The average Bonchev–Trinajstić information content (AvgIpc) is 2.83. The number of aromatic hydroxyl groups is 1. The van der Waals surface area contributed by atoms with Crippen molar-refractivity contribution in [1.29, 1.82) is 0 Å². The second-order valence-corrected chi connectivity index (χ2v) is 7.28. The Balaban J connectivity index is 1.89. The molecule has 2 aromatic carbocycles. The van der Waals surface area contributed by atoms with Crippen molar-refractivity contribution < 1.29 is 9.90 Å². The van der Waals surface area contributed by atoms with Gasteiger partial charge in [0, 0.05) is 17.6 Å². The molecular formula is C17H12ClN3O2S2. The summed E-state index contributed by atoms with van der Waals surface area (Å²) in [7, 11) is 1.62. The summed E-state index contributed by atoms with van der Waals surface area (Å²) in [5, 5.41) is 18.9. The fourth-order valence-electron chi connectivity index (χ4n) is 2.06. The van der Waals surface area contributed by atoms with Gasteiger partial charge in [-0.1, -0.05) is 41.6 Å². The molecule has 0 spiro atoms. The molecule has 1 amide bonds. The van der Waals surface area contributed by atoms with Crippen LogP contribution in [0.3, 0.4) is 0 Å². The Morgan fingerprint density at radius 1 is 1.20 bits per heavy atom. The number of nitrogens with zero attached hydrogens (tertiary/aromatic N) is 3. The molecule has 0 unspecified atom stereocenters. The van der Waals surface area contributed by atoms with Crippen LogP contribution in [0.2, 0.25) is 5.02 Å². The predicted molar refractivity (Wildman–Crippen MR) is 105 cm³/mol. The van der Waals surface area contributed by atoms with Gasteiger partial charge in [-0.3, -0.25) is 9.69 Å². The van der Waals surface area contributed by atoms with Gasteiger partial charge in [-0.05, 0) is 42.5 Å². The van der Waals surface area contributed by atoms with Crippen molar-refractivity contribution in [1.82, 2.24) is 4.90 Å². The third-order valence-corrected chi connectivity index (χ3v) is 5.09. The standard InChI is InChI=1S/C17H12ClN3O2S2/c1-21-16(23)15(25-17(21)24)8-10-7-13(5-6-14(10)22)20-19-12-4-2-3-11(18)9-12/h2-9,22H,1H3/b15-8-,20-19?. The smallest absolute Gasteiger partial charge is 0.265 e. The Bertz CT molecular complexity index is 928. The monoisotopic (exact) mass is 389 g/mol. The molecule has 0 atom stereocenters. The van der Waals surface area contributed by atoms with Crippen LogP contribution in [0.25, 0.3) is 6.08 Å². The van der Waals surface area contributed by atoms with Crippen molar-refractivity contribution in [2.75, 3.05) is 7.05 Å². The van der Waals surface area contributed by atoms with Crippen LogP contribution < -0.4 is 0 Å². The minimum atomic E-state index is -0.194. The van der Waals surface area contributed by atoms with Gasteiger partial charge in [0.05, 0.1) is 16.3 Å². The van der Waals surface area contributed by atoms with E-state index in [2.05, 4.69) is 10.2 Å². The molecule has 8 heteroatoms. The summed E-state index contributed by atoms with van der Waals surface area (Å²) >= 11 is 12.2. The van der Waals surface area contributed by atoms with E-state index >= 15 is 0 Å². The highest BCUT2D eigenvalue weighted by Gasteiger charge is 2.28. The van der Waals surface area contributed by atoms with Gasteiger partial charge < -0.3 is 5.11 Å². The normalized spacial score (nSPS) is 16.4. The summed E-state index contributed by atoms with van der Waals surface area (Å²) in [5.41, 5.74) is 1.63. The van der Waals surface area contributed by atoms with E-state index in [1.807, 2.05) is 0 Å². The summed E-state index contributed by atoms with van der Waals surface area (Å²) in [6, 6.07) is 11.8. The number of hydrogen-bond donors (Lipinski definition) is 1. The summed E-state index contributed by atoms with van der Waals surface area (Å²) in [6.07, 6.45) is 1.59. The number of hydrogen-bond acceptors (Lipinski definition) is 6. The molecule has 1 heterocycles. The number of halogens is 1. The lowest BCUT2D eigenvalue weighted by Crippen LogP contribution is -2.22. The number of thiocarbonyl (C=S) groups is 1. The number of carbonyl (C=O) groups excluding carboxylic acids is 1. The molecular weight excluding hydrogens is 378 g/mol.